The zero-order valence-corrected chi connectivity index (χ0v) is 10.4. The maximum atomic E-state index is 12.2. The van der Waals surface area contributed by atoms with Gasteiger partial charge in [0.2, 0.25) is 11.8 Å². The first-order valence-corrected chi connectivity index (χ1v) is 6.66. The lowest BCUT2D eigenvalue weighted by atomic mass is 9.74. The first-order valence-electron chi connectivity index (χ1n) is 6.66. The quantitative estimate of drug-likeness (QED) is 0.735. The summed E-state index contributed by atoms with van der Waals surface area (Å²) in [5.74, 6) is -0.613. The fourth-order valence-electron chi connectivity index (χ4n) is 3.23. The van der Waals surface area contributed by atoms with Crippen molar-refractivity contribution in [3.8, 4) is 0 Å². The molecule has 0 saturated carbocycles. The summed E-state index contributed by atoms with van der Waals surface area (Å²) in [4.78, 5) is 26.3. The topological polar surface area (TPSA) is 49.4 Å². The Morgan fingerprint density at radius 3 is 2.78 bits per heavy atom. The van der Waals surface area contributed by atoms with Crippen molar-refractivity contribution >= 4 is 11.8 Å². The molecule has 1 N–H and O–H groups in total. The number of hydrogen-bond acceptors (Lipinski definition) is 3. The molecule has 3 rings (SSSR count). The van der Waals surface area contributed by atoms with Crippen LogP contribution in [0.3, 0.4) is 0 Å². The predicted molar refractivity (Wildman–Crippen MR) is 67.6 cm³/mol. The minimum Gasteiger partial charge on any atom is -0.302 e. The van der Waals surface area contributed by atoms with Crippen molar-refractivity contribution in [1.82, 2.24) is 10.2 Å². The number of likely N-dealkylation sites (tertiary alicyclic amines) is 1. The van der Waals surface area contributed by atoms with Gasteiger partial charge < -0.3 is 4.90 Å². The Morgan fingerprint density at radius 2 is 2.00 bits per heavy atom. The third kappa shape index (κ3) is 1.72. The van der Waals surface area contributed by atoms with Crippen LogP contribution in [0.15, 0.2) is 24.3 Å². The van der Waals surface area contributed by atoms with E-state index in [2.05, 4.69) is 10.2 Å². The third-order valence-electron chi connectivity index (χ3n) is 4.24. The van der Waals surface area contributed by atoms with Crippen molar-refractivity contribution in [1.29, 1.82) is 0 Å². The van der Waals surface area contributed by atoms with E-state index in [0.29, 0.717) is 6.54 Å². The van der Waals surface area contributed by atoms with Crippen LogP contribution < -0.4 is 5.32 Å². The van der Waals surface area contributed by atoms with Crippen LogP contribution in [0.1, 0.15) is 19.3 Å². The average Bonchev–Trinajstić information content (AvgIpc) is 2.63. The molecule has 0 bridgehead atoms. The van der Waals surface area contributed by atoms with E-state index in [4.69, 9.17) is 0 Å². The summed E-state index contributed by atoms with van der Waals surface area (Å²) < 4.78 is 0. The molecule has 4 heteroatoms. The standard InChI is InChI=1S/C14H18N2O2/c17-12-11-6-2-3-7-14(11,13(18)15-12)10-16-8-4-1-5-9-16/h2-3,6-7,11H,1,4-5,8-10H2,(H,15,17,18). The highest BCUT2D eigenvalue weighted by atomic mass is 16.2. The highest BCUT2D eigenvalue weighted by Crippen LogP contribution is 2.39. The first-order chi connectivity index (χ1) is 8.72. The lowest BCUT2D eigenvalue weighted by molar-refractivity contribution is -0.127. The van der Waals surface area contributed by atoms with Crippen molar-refractivity contribution in [2.75, 3.05) is 19.6 Å². The Bertz CT molecular complexity index is 435. The smallest absolute Gasteiger partial charge is 0.239 e. The summed E-state index contributed by atoms with van der Waals surface area (Å²) in [7, 11) is 0. The van der Waals surface area contributed by atoms with E-state index < -0.39 is 5.41 Å². The molecular weight excluding hydrogens is 228 g/mol. The lowest BCUT2D eigenvalue weighted by Gasteiger charge is -2.36. The zero-order chi connectivity index (χ0) is 12.6. The van der Waals surface area contributed by atoms with Gasteiger partial charge in [0, 0.05) is 6.54 Å². The molecular formula is C14H18N2O2. The largest absolute Gasteiger partial charge is 0.302 e. The number of nitrogens with one attached hydrogen (secondary N) is 1. The van der Waals surface area contributed by atoms with Crippen molar-refractivity contribution in [2.45, 2.75) is 19.3 Å². The molecule has 96 valence electrons. The Hall–Kier alpha value is -1.42. The number of amides is 2. The van der Waals surface area contributed by atoms with Gasteiger partial charge in [0.05, 0.1) is 11.3 Å². The maximum Gasteiger partial charge on any atom is 0.239 e. The highest BCUT2D eigenvalue weighted by Gasteiger charge is 2.53. The van der Waals surface area contributed by atoms with Crippen LogP contribution in [0.25, 0.3) is 0 Å². The second-order valence-corrected chi connectivity index (χ2v) is 5.42. The highest BCUT2D eigenvalue weighted by molar-refractivity contribution is 6.09. The minimum atomic E-state index is -0.664. The molecule has 4 nitrogen and oxygen atoms in total. The van der Waals surface area contributed by atoms with Gasteiger partial charge in [-0.2, -0.15) is 0 Å². The molecule has 0 aromatic carbocycles. The molecule has 2 unspecified atom stereocenters. The summed E-state index contributed by atoms with van der Waals surface area (Å²) in [6, 6.07) is 0. The predicted octanol–water partition coefficient (Wildman–Crippen LogP) is 0.857. The Kier molecular flexibility index (Phi) is 2.82. The van der Waals surface area contributed by atoms with Crippen LogP contribution >= 0.6 is 0 Å². The summed E-state index contributed by atoms with van der Waals surface area (Å²) in [5, 5.41) is 2.48. The summed E-state index contributed by atoms with van der Waals surface area (Å²) in [6.45, 7) is 2.73. The van der Waals surface area contributed by atoms with Gasteiger partial charge in [-0.15, -0.1) is 0 Å². The maximum absolute atomic E-state index is 12.2. The van der Waals surface area contributed by atoms with Crippen molar-refractivity contribution in [3.63, 3.8) is 0 Å². The van der Waals surface area contributed by atoms with Gasteiger partial charge in [-0.05, 0) is 25.9 Å². The molecule has 0 aromatic heterocycles. The van der Waals surface area contributed by atoms with Gasteiger partial charge in [0.1, 0.15) is 0 Å². The fraction of sp³-hybridized carbons (Fsp3) is 0.571. The number of allylic oxidation sites excluding steroid dienone is 2. The van der Waals surface area contributed by atoms with E-state index in [0.717, 1.165) is 13.1 Å². The molecule has 2 aliphatic heterocycles. The van der Waals surface area contributed by atoms with Gasteiger partial charge in [0.15, 0.2) is 0 Å². The SMILES string of the molecule is O=C1NC(=O)C2(CN3CCCCC3)C=CC=CC12. The van der Waals surface area contributed by atoms with Gasteiger partial charge in [-0.3, -0.25) is 14.9 Å². The monoisotopic (exact) mass is 246 g/mol. The minimum absolute atomic E-state index is 0.135. The Balaban J connectivity index is 1.85. The van der Waals surface area contributed by atoms with E-state index in [1.807, 2.05) is 24.3 Å². The fourth-order valence-corrected chi connectivity index (χ4v) is 3.23. The number of imide groups is 1. The number of hydrogen-bond donors (Lipinski definition) is 1. The second-order valence-electron chi connectivity index (χ2n) is 5.42. The summed E-state index contributed by atoms with van der Waals surface area (Å²) >= 11 is 0. The van der Waals surface area contributed by atoms with Crippen LogP contribution in [0, 0.1) is 11.3 Å². The van der Waals surface area contributed by atoms with Crippen LogP contribution in [0.2, 0.25) is 0 Å². The Labute approximate surface area is 107 Å². The van der Waals surface area contributed by atoms with Crippen LogP contribution in [-0.4, -0.2) is 36.3 Å². The normalized spacial score (nSPS) is 35.7. The number of nitrogens with zero attached hydrogens (tertiary/aromatic N) is 1. The van der Waals surface area contributed by atoms with Crippen LogP contribution in [0.5, 0.6) is 0 Å². The summed E-state index contributed by atoms with van der Waals surface area (Å²) in [6.07, 6.45) is 11.2. The lowest BCUT2D eigenvalue weighted by Crippen LogP contribution is -2.46. The number of piperidine rings is 1. The third-order valence-corrected chi connectivity index (χ3v) is 4.24. The van der Waals surface area contributed by atoms with Gasteiger partial charge in [-0.25, -0.2) is 0 Å². The molecule has 0 spiro atoms. The van der Waals surface area contributed by atoms with Crippen molar-refractivity contribution < 1.29 is 9.59 Å². The molecule has 2 heterocycles. The molecule has 2 atom stereocenters. The molecule has 3 aliphatic rings. The number of carbonyl (C=O) groups is 2. The molecule has 0 aromatic rings. The number of carbonyl (C=O) groups excluding carboxylic acids is 2. The van der Waals surface area contributed by atoms with Crippen molar-refractivity contribution in [2.24, 2.45) is 11.3 Å². The number of fused-ring (bicyclic) bond motifs is 1. The molecule has 0 radical (unpaired) electrons. The van der Waals surface area contributed by atoms with Crippen LogP contribution in [0.4, 0.5) is 0 Å². The van der Waals surface area contributed by atoms with Gasteiger partial charge in [0.25, 0.3) is 0 Å². The van der Waals surface area contributed by atoms with Gasteiger partial charge in [-0.1, -0.05) is 30.7 Å². The molecule has 1 aliphatic carbocycles. The van der Waals surface area contributed by atoms with E-state index >= 15 is 0 Å². The second kappa shape index (κ2) is 4.35. The molecule has 2 amide bonds. The molecule has 2 fully saturated rings. The van der Waals surface area contributed by atoms with E-state index in [9.17, 15) is 9.59 Å². The van der Waals surface area contributed by atoms with Crippen LogP contribution in [-0.2, 0) is 9.59 Å². The van der Waals surface area contributed by atoms with E-state index in [1.165, 1.54) is 19.3 Å². The first kappa shape index (κ1) is 11.7. The summed E-state index contributed by atoms with van der Waals surface area (Å²) in [5.41, 5.74) is -0.664. The molecule has 18 heavy (non-hydrogen) atoms. The molecule has 2 saturated heterocycles. The Morgan fingerprint density at radius 1 is 1.22 bits per heavy atom. The van der Waals surface area contributed by atoms with E-state index in [-0.39, 0.29) is 17.7 Å². The van der Waals surface area contributed by atoms with Gasteiger partial charge >= 0.3 is 0 Å². The average molecular weight is 246 g/mol. The van der Waals surface area contributed by atoms with Crippen molar-refractivity contribution in [3.05, 3.63) is 24.3 Å². The van der Waals surface area contributed by atoms with E-state index in [1.54, 1.807) is 0 Å². The number of rotatable bonds is 2. The zero-order valence-electron chi connectivity index (χ0n) is 10.4.